The molecule has 1 aromatic carbocycles. The molecule has 0 saturated heterocycles. The van der Waals surface area contributed by atoms with Crippen LogP contribution in [0.4, 0.5) is 10.1 Å². The van der Waals surface area contributed by atoms with Crippen LogP contribution < -0.4 is 5.32 Å². The van der Waals surface area contributed by atoms with Crippen molar-refractivity contribution in [2.75, 3.05) is 23.9 Å². The highest BCUT2D eigenvalue weighted by atomic mass is 32.2. The third-order valence-corrected chi connectivity index (χ3v) is 4.30. The smallest absolute Gasteiger partial charge is 0.309 e. The molecule has 1 rings (SSSR count). The molecule has 8 heteroatoms. The first-order chi connectivity index (χ1) is 9.73. The van der Waals surface area contributed by atoms with Crippen molar-refractivity contribution in [1.82, 2.24) is 0 Å². The molecule has 0 aliphatic carbocycles. The second kappa shape index (κ2) is 7.16. The van der Waals surface area contributed by atoms with Gasteiger partial charge in [0.2, 0.25) is 5.91 Å². The number of methoxy groups -OCH3 is 1. The van der Waals surface area contributed by atoms with Crippen molar-refractivity contribution in [3.63, 3.8) is 0 Å². The number of sulfone groups is 1. The summed E-state index contributed by atoms with van der Waals surface area (Å²) in [4.78, 5) is 22.8. The van der Waals surface area contributed by atoms with E-state index >= 15 is 0 Å². The van der Waals surface area contributed by atoms with Crippen LogP contribution in [0.1, 0.15) is 6.92 Å². The maximum Gasteiger partial charge on any atom is 0.309 e. The van der Waals surface area contributed by atoms with Crippen molar-refractivity contribution in [1.29, 1.82) is 0 Å². The van der Waals surface area contributed by atoms with Crippen LogP contribution in [-0.2, 0) is 24.2 Å². The molecule has 1 atom stereocenters. The van der Waals surface area contributed by atoms with Gasteiger partial charge in [0.1, 0.15) is 11.6 Å². The van der Waals surface area contributed by atoms with Gasteiger partial charge in [-0.2, -0.15) is 0 Å². The number of hydrogen-bond donors (Lipinski definition) is 1. The lowest BCUT2D eigenvalue weighted by Crippen LogP contribution is -2.29. The fourth-order valence-electron chi connectivity index (χ4n) is 1.64. The topological polar surface area (TPSA) is 89.5 Å². The highest BCUT2D eigenvalue weighted by molar-refractivity contribution is 7.92. The highest BCUT2D eigenvalue weighted by Gasteiger charge is 2.24. The normalized spacial score (nSPS) is 12.5. The number of carbonyl (C=O) groups is 2. The first-order valence-electron chi connectivity index (χ1n) is 6.07. The molecule has 1 unspecified atom stereocenters. The van der Waals surface area contributed by atoms with E-state index in [-0.39, 0.29) is 5.69 Å². The van der Waals surface area contributed by atoms with Crippen molar-refractivity contribution >= 4 is 27.4 Å². The first kappa shape index (κ1) is 17.1. The average Bonchev–Trinajstić information content (AvgIpc) is 2.39. The maximum absolute atomic E-state index is 12.7. The van der Waals surface area contributed by atoms with Crippen LogP contribution in [0, 0.1) is 11.7 Å². The second-order valence-corrected chi connectivity index (χ2v) is 6.64. The van der Waals surface area contributed by atoms with Crippen LogP contribution in [0.3, 0.4) is 0 Å². The van der Waals surface area contributed by atoms with E-state index in [1.807, 2.05) is 0 Å². The number of nitrogens with one attached hydrogen (secondary N) is 1. The molecule has 1 N–H and O–H groups in total. The molecule has 1 aromatic rings. The highest BCUT2D eigenvalue weighted by Crippen LogP contribution is 2.09. The Morgan fingerprint density at radius 1 is 1.29 bits per heavy atom. The number of hydrogen-bond acceptors (Lipinski definition) is 5. The zero-order valence-corrected chi connectivity index (χ0v) is 12.4. The Morgan fingerprint density at radius 2 is 1.86 bits per heavy atom. The van der Waals surface area contributed by atoms with Crippen molar-refractivity contribution in [2.24, 2.45) is 5.92 Å². The number of amides is 1. The van der Waals surface area contributed by atoms with Crippen molar-refractivity contribution in [3.8, 4) is 0 Å². The van der Waals surface area contributed by atoms with Gasteiger partial charge in [0, 0.05) is 5.69 Å². The van der Waals surface area contributed by atoms with E-state index in [1.165, 1.54) is 19.1 Å². The fourth-order valence-corrected chi connectivity index (χ4v) is 3.13. The minimum Gasteiger partial charge on any atom is -0.469 e. The number of ether oxygens (including phenoxy) is 1. The molecule has 116 valence electrons. The van der Waals surface area contributed by atoms with Gasteiger partial charge in [0.15, 0.2) is 9.84 Å². The molecule has 1 amide bonds. The zero-order valence-electron chi connectivity index (χ0n) is 11.6. The van der Waals surface area contributed by atoms with Gasteiger partial charge >= 0.3 is 5.97 Å². The van der Waals surface area contributed by atoms with Crippen LogP contribution in [0.15, 0.2) is 24.3 Å². The van der Waals surface area contributed by atoms with E-state index in [0.717, 1.165) is 19.2 Å². The average molecular weight is 317 g/mol. The number of esters is 1. The minimum atomic E-state index is -3.75. The van der Waals surface area contributed by atoms with Gasteiger partial charge in [-0.1, -0.05) is 6.92 Å². The van der Waals surface area contributed by atoms with E-state index in [9.17, 15) is 22.4 Å². The Balaban J connectivity index is 2.60. The number of benzene rings is 1. The van der Waals surface area contributed by atoms with Crippen LogP contribution >= 0.6 is 0 Å². The molecule has 6 nitrogen and oxygen atoms in total. The van der Waals surface area contributed by atoms with Gasteiger partial charge < -0.3 is 10.1 Å². The van der Waals surface area contributed by atoms with Crippen LogP contribution in [-0.4, -0.2) is 38.9 Å². The number of carbonyl (C=O) groups excluding carboxylic acids is 2. The van der Waals surface area contributed by atoms with Gasteiger partial charge in [-0.3, -0.25) is 9.59 Å². The second-order valence-electron chi connectivity index (χ2n) is 4.53. The largest absolute Gasteiger partial charge is 0.469 e. The van der Waals surface area contributed by atoms with Crippen molar-refractivity contribution in [2.45, 2.75) is 6.92 Å². The fraction of sp³-hybridized carbons (Fsp3) is 0.385. The summed E-state index contributed by atoms with van der Waals surface area (Å²) in [5, 5.41) is 2.34. The number of halogens is 1. The third kappa shape index (κ3) is 5.90. The molecule has 0 fully saturated rings. The molecular weight excluding hydrogens is 301 g/mol. The van der Waals surface area contributed by atoms with Crippen molar-refractivity contribution < 1.29 is 27.1 Å². The predicted molar refractivity (Wildman–Crippen MR) is 74.9 cm³/mol. The summed E-state index contributed by atoms with van der Waals surface area (Å²) in [6.07, 6.45) is 0. The quantitative estimate of drug-likeness (QED) is 0.790. The number of rotatable bonds is 6. The van der Waals surface area contributed by atoms with E-state index in [4.69, 9.17) is 0 Å². The van der Waals surface area contributed by atoms with E-state index < -0.39 is 45.0 Å². The molecule has 0 aromatic heterocycles. The summed E-state index contributed by atoms with van der Waals surface area (Å²) < 4.78 is 40.7. The zero-order chi connectivity index (χ0) is 16.0. The van der Waals surface area contributed by atoms with Crippen LogP contribution in [0.2, 0.25) is 0 Å². The van der Waals surface area contributed by atoms with Gasteiger partial charge in [0.05, 0.1) is 18.8 Å². The lowest BCUT2D eigenvalue weighted by molar-refractivity contribution is -0.144. The van der Waals surface area contributed by atoms with Crippen molar-refractivity contribution in [3.05, 3.63) is 30.1 Å². The van der Waals surface area contributed by atoms with E-state index in [1.54, 1.807) is 0 Å². The molecule has 0 heterocycles. The first-order valence-corrected chi connectivity index (χ1v) is 7.89. The van der Waals surface area contributed by atoms with Gasteiger partial charge in [-0.15, -0.1) is 0 Å². The summed E-state index contributed by atoms with van der Waals surface area (Å²) >= 11 is 0. The summed E-state index contributed by atoms with van der Waals surface area (Å²) in [7, 11) is -2.59. The summed E-state index contributed by atoms with van der Waals surface area (Å²) in [6, 6.07) is 4.92. The molecule has 21 heavy (non-hydrogen) atoms. The summed E-state index contributed by atoms with van der Waals surface area (Å²) in [5.41, 5.74) is 0.289. The lowest BCUT2D eigenvalue weighted by Gasteiger charge is -2.10. The summed E-state index contributed by atoms with van der Waals surface area (Å²) in [5.74, 6) is -3.95. The molecule has 0 aliphatic rings. The lowest BCUT2D eigenvalue weighted by atomic mass is 10.2. The monoisotopic (exact) mass is 317 g/mol. The molecule has 0 radical (unpaired) electrons. The molecule has 0 bridgehead atoms. The predicted octanol–water partition coefficient (Wildman–Crippen LogP) is 0.988. The standard InChI is InChI=1S/C13H16FNO5S/c1-9(13(17)20-2)7-21(18,19)8-12(16)15-11-5-3-10(14)4-6-11/h3-6,9H,7-8H2,1-2H3,(H,15,16). The Kier molecular flexibility index (Phi) is 5.83. The van der Waals surface area contributed by atoms with Gasteiger partial charge in [-0.05, 0) is 24.3 Å². The molecule has 0 aliphatic heterocycles. The molecule has 0 spiro atoms. The molecular formula is C13H16FNO5S. The van der Waals surface area contributed by atoms with Crippen LogP contribution in [0.5, 0.6) is 0 Å². The SMILES string of the molecule is COC(=O)C(C)CS(=O)(=O)CC(=O)Nc1ccc(F)cc1. The summed E-state index contributed by atoms with van der Waals surface area (Å²) in [6.45, 7) is 1.40. The Hall–Kier alpha value is -1.96. The van der Waals surface area contributed by atoms with Gasteiger partial charge in [0.25, 0.3) is 0 Å². The Labute approximate surface area is 122 Å². The third-order valence-electron chi connectivity index (χ3n) is 2.59. The Morgan fingerprint density at radius 3 is 2.38 bits per heavy atom. The maximum atomic E-state index is 12.7. The Bertz CT molecular complexity index is 612. The minimum absolute atomic E-state index is 0.289. The number of anilines is 1. The molecule has 0 saturated carbocycles. The van der Waals surface area contributed by atoms with Gasteiger partial charge in [-0.25, -0.2) is 12.8 Å². The van der Waals surface area contributed by atoms with E-state index in [2.05, 4.69) is 10.1 Å². The van der Waals surface area contributed by atoms with Crippen LogP contribution in [0.25, 0.3) is 0 Å². The van der Waals surface area contributed by atoms with E-state index in [0.29, 0.717) is 0 Å².